The molecule has 1 aromatic carbocycles. The SMILES string of the molecule is FC(F)(F)c1ccc(NCC(Cl)=CCl)c(Cl)c1. The van der Waals surface area contributed by atoms with Crippen molar-refractivity contribution in [3.63, 3.8) is 0 Å². The molecular formula is C10H7Cl3F3N. The van der Waals surface area contributed by atoms with Crippen LogP contribution in [0.3, 0.4) is 0 Å². The van der Waals surface area contributed by atoms with Gasteiger partial charge in [-0.05, 0) is 18.2 Å². The van der Waals surface area contributed by atoms with Crippen LogP contribution in [0.25, 0.3) is 0 Å². The molecule has 0 radical (unpaired) electrons. The smallest absolute Gasteiger partial charge is 0.379 e. The Balaban J connectivity index is 2.84. The zero-order valence-electron chi connectivity index (χ0n) is 8.28. The summed E-state index contributed by atoms with van der Waals surface area (Å²) in [5.74, 6) is 0. The van der Waals surface area contributed by atoms with Crippen molar-refractivity contribution in [2.24, 2.45) is 0 Å². The van der Waals surface area contributed by atoms with Gasteiger partial charge < -0.3 is 5.32 Å². The van der Waals surface area contributed by atoms with E-state index in [0.717, 1.165) is 17.7 Å². The average molecular weight is 305 g/mol. The van der Waals surface area contributed by atoms with Gasteiger partial charge in [0.1, 0.15) is 0 Å². The molecule has 0 aromatic heterocycles. The van der Waals surface area contributed by atoms with Crippen LogP contribution in [0.5, 0.6) is 0 Å². The van der Waals surface area contributed by atoms with Gasteiger partial charge in [0.25, 0.3) is 0 Å². The second kappa shape index (κ2) is 5.85. The first-order valence-electron chi connectivity index (χ1n) is 4.40. The number of hydrogen-bond acceptors (Lipinski definition) is 1. The van der Waals surface area contributed by atoms with Crippen LogP contribution in [0, 0.1) is 0 Å². The molecule has 0 fully saturated rings. The number of nitrogens with one attached hydrogen (secondary N) is 1. The predicted molar refractivity (Wildman–Crippen MR) is 64.7 cm³/mol. The summed E-state index contributed by atoms with van der Waals surface area (Å²) in [6.45, 7) is 0.191. The molecule has 7 heteroatoms. The molecule has 0 bridgehead atoms. The average Bonchev–Trinajstić information content (AvgIpc) is 2.25. The predicted octanol–water partition coefficient (Wildman–Crippen LogP) is 5.09. The van der Waals surface area contributed by atoms with Gasteiger partial charge in [0.15, 0.2) is 0 Å². The number of rotatable bonds is 3. The normalized spacial score (nSPS) is 12.7. The van der Waals surface area contributed by atoms with E-state index in [1.54, 1.807) is 0 Å². The van der Waals surface area contributed by atoms with Crippen molar-refractivity contribution < 1.29 is 13.2 Å². The molecule has 0 heterocycles. The van der Waals surface area contributed by atoms with Gasteiger partial charge in [-0.3, -0.25) is 0 Å². The summed E-state index contributed by atoms with van der Waals surface area (Å²) in [5.41, 5.74) is 0.718. The molecule has 1 nitrogen and oxygen atoms in total. The number of alkyl halides is 3. The monoisotopic (exact) mass is 303 g/mol. The fraction of sp³-hybridized carbons (Fsp3) is 0.200. The van der Waals surface area contributed by atoms with Crippen LogP contribution in [0.15, 0.2) is 28.8 Å². The van der Waals surface area contributed by atoms with Gasteiger partial charge in [-0.1, -0.05) is 34.8 Å². The molecule has 1 N–H and O–H groups in total. The third-order valence-corrected chi connectivity index (χ3v) is 2.79. The van der Waals surface area contributed by atoms with E-state index in [9.17, 15) is 13.2 Å². The minimum atomic E-state index is -4.41. The first kappa shape index (κ1) is 14.5. The molecule has 1 aromatic rings. The summed E-state index contributed by atoms with van der Waals surface area (Å²) >= 11 is 16.6. The minimum Gasteiger partial charge on any atom is -0.379 e. The van der Waals surface area contributed by atoms with Crippen molar-refractivity contribution in [2.75, 3.05) is 11.9 Å². The van der Waals surface area contributed by atoms with Crippen molar-refractivity contribution in [3.8, 4) is 0 Å². The van der Waals surface area contributed by atoms with Gasteiger partial charge in [-0.25, -0.2) is 0 Å². The Morgan fingerprint density at radius 1 is 1.35 bits per heavy atom. The quantitative estimate of drug-likeness (QED) is 0.820. The van der Waals surface area contributed by atoms with Crippen LogP contribution >= 0.6 is 34.8 Å². The zero-order chi connectivity index (χ0) is 13.1. The van der Waals surface area contributed by atoms with E-state index >= 15 is 0 Å². The van der Waals surface area contributed by atoms with E-state index in [1.807, 2.05) is 0 Å². The Morgan fingerprint density at radius 2 is 2.00 bits per heavy atom. The first-order chi connectivity index (χ1) is 7.84. The zero-order valence-corrected chi connectivity index (χ0v) is 10.6. The summed E-state index contributed by atoms with van der Waals surface area (Å²) in [7, 11) is 0. The third-order valence-electron chi connectivity index (χ3n) is 1.86. The molecule has 0 saturated carbocycles. The van der Waals surface area contributed by atoms with Crippen molar-refractivity contribution >= 4 is 40.5 Å². The van der Waals surface area contributed by atoms with Gasteiger partial charge >= 0.3 is 6.18 Å². The van der Waals surface area contributed by atoms with Crippen molar-refractivity contribution in [2.45, 2.75) is 6.18 Å². The molecule has 0 atom stereocenters. The second-order valence-corrected chi connectivity index (χ2v) is 4.21. The molecule has 0 amide bonds. The van der Waals surface area contributed by atoms with Gasteiger partial charge in [0, 0.05) is 10.6 Å². The molecule has 0 spiro atoms. The lowest BCUT2D eigenvalue weighted by molar-refractivity contribution is -0.137. The summed E-state index contributed by atoms with van der Waals surface area (Å²) in [4.78, 5) is 0. The number of halogens is 6. The Kier molecular flexibility index (Phi) is 4.98. The number of benzene rings is 1. The number of anilines is 1. The maximum Gasteiger partial charge on any atom is 0.416 e. The van der Waals surface area contributed by atoms with Crippen LogP contribution in [-0.4, -0.2) is 6.54 Å². The highest BCUT2D eigenvalue weighted by Crippen LogP contribution is 2.33. The van der Waals surface area contributed by atoms with Gasteiger partial charge in [0.2, 0.25) is 0 Å². The van der Waals surface area contributed by atoms with E-state index in [1.165, 1.54) is 6.07 Å². The first-order valence-corrected chi connectivity index (χ1v) is 5.59. The Bertz CT molecular complexity index is 429. The van der Waals surface area contributed by atoms with Crippen LogP contribution in [0.4, 0.5) is 18.9 Å². The van der Waals surface area contributed by atoms with Crippen molar-refractivity contribution in [1.29, 1.82) is 0 Å². The van der Waals surface area contributed by atoms with Crippen molar-refractivity contribution in [3.05, 3.63) is 39.4 Å². The fourth-order valence-electron chi connectivity index (χ4n) is 1.05. The summed E-state index contributed by atoms with van der Waals surface area (Å²) in [6, 6.07) is 3.03. The Morgan fingerprint density at radius 3 is 2.47 bits per heavy atom. The highest BCUT2D eigenvalue weighted by atomic mass is 35.5. The van der Waals surface area contributed by atoms with Crippen LogP contribution in [0.1, 0.15) is 5.56 Å². The lowest BCUT2D eigenvalue weighted by Crippen LogP contribution is -2.06. The maximum atomic E-state index is 12.3. The van der Waals surface area contributed by atoms with E-state index in [0.29, 0.717) is 10.7 Å². The molecule has 17 heavy (non-hydrogen) atoms. The van der Waals surface area contributed by atoms with Crippen LogP contribution < -0.4 is 5.32 Å². The second-order valence-electron chi connectivity index (χ2n) is 3.10. The summed E-state index contributed by atoms with van der Waals surface area (Å²) < 4.78 is 37.0. The lowest BCUT2D eigenvalue weighted by Gasteiger charge is -2.11. The van der Waals surface area contributed by atoms with Gasteiger partial charge in [-0.2, -0.15) is 13.2 Å². The topological polar surface area (TPSA) is 12.0 Å². The van der Waals surface area contributed by atoms with Gasteiger partial charge in [-0.15, -0.1) is 0 Å². The molecule has 94 valence electrons. The minimum absolute atomic E-state index is 0.0288. The molecule has 0 aliphatic carbocycles. The maximum absolute atomic E-state index is 12.3. The largest absolute Gasteiger partial charge is 0.416 e. The lowest BCUT2D eigenvalue weighted by atomic mass is 10.2. The third kappa shape index (κ3) is 4.30. The Labute approximate surface area is 111 Å². The van der Waals surface area contributed by atoms with Crippen LogP contribution in [-0.2, 0) is 6.18 Å². The highest BCUT2D eigenvalue weighted by molar-refractivity contribution is 6.37. The van der Waals surface area contributed by atoms with E-state index in [2.05, 4.69) is 5.32 Å². The van der Waals surface area contributed by atoms with Crippen LogP contribution in [0.2, 0.25) is 5.02 Å². The number of hydrogen-bond donors (Lipinski definition) is 1. The van der Waals surface area contributed by atoms with E-state index < -0.39 is 11.7 Å². The summed E-state index contributed by atoms with van der Waals surface area (Å²) in [6.07, 6.45) is -4.41. The highest BCUT2D eigenvalue weighted by Gasteiger charge is 2.30. The van der Waals surface area contributed by atoms with E-state index in [-0.39, 0.29) is 11.6 Å². The molecule has 1 rings (SSSR count). The molecule has 0 saturated heterocycles. The molecule has 0 unspecified atom stereocenters. The van der Waals surface area contributed by atoms with Crippen molar-refractivity contribution in [1.82, 2.24) is 0 Å². The standard InChI is InChI=1S/C10H7Cl3F3N/c11-4-7(12)5-17-9-2-1-6(3-8(9)13)10(14,15)16/h1-4,17H,5H2. The fourth-order valence-corrected chi connectivity index (χ4v) is 1.44. The van der Waals surface area contributed by atoms with E-state index in [4.69, 9.17) is 34.8 Å². The van der Waals surface area contributed by atoms with Gasteiger partial charge in [0.05, 0.1) is 22.8 Å². The Hall–Kier alpha value is -0.580. The molecular weight excluding hydrogens is 297 g/mol. The summed E-state index contributed by atoms with van der Waals surface area (Å²) in [5, 5.41) is 3.05. The molecule has 0 aliphatic rings. The molecule has 0 aliphatic heterocycles.